The number of phenolic OH excluding ortho intramolecular Hbond substituents is 1. The van der Waals surface area contributed by atoms with Crippen LogP contribution in [0.3, 0.4) is 0 Å². The van der Waals surface area contributed by atoms with E-state index in [2.05, 4.69) is 17.4 Å². The Morgan fingerprint density at radius 2 is 2.10 bits per heavy atom. The molecule has 1 atom stereocenters. The predicted octanol–water partition coefficient (Wildman–Crippen LogP) is 4.03. The number of phenols is 1. The van der Waals surface area contributed by atoms with Gasteiger partial charge in [0.2, 0.25) is 0 Å². The maximum absolute atomic E-state index is 9.64. The molecule has 0 amide bonds. The van der Waals surface area contributed by atoms with Crippen molar-refractivity contribution in [3.05, 3.63) is 59.2 Å². The molecule has 0 saturated carbocycles. The summed E-state index contributed by atoms with van der Waals surface area (Å²) in [5, 5.41) is 13.3. The van der Waals surface area contributed by atoms with Crippen LogP contribution in [0.25, 0.3) is 0 Å². The Balaban J connectivity index is 1.87. The van der Waals surface area contributed by atoms with Crippen molar-refractivity contribution < 1.29 is 9.84 Å². The Bertz CT molecular complexity index is 624. The number of hydrogen-bond donors (Lipinski definition) is 2. The van der Waals surface area contributed by atoms with E-state index in [0.717, 1.165) is 24.9 Å². The van der Waals surface area contributed by atoms with Crippen molar-refractivity contribution >= 4 is 5.69 Å². The number of hydrogen-bond acceptors (Lipinski definition) is 3. The normalized spacial score (nSPS) is 17.3. The third-order valence-electron chi connectivity index (χ3n) is 4.09. The van der Waals surface area contributed by atoms with E-state index in [1.807, 2.05) is 24.3 Å². The molecule has 2 N–H and O–H groups in total. The maximum Gasteiger partial charge on any atom is 0.115 e. The van der Waals surface area contributed by atoms with E-state index in [-0.39, 0.29) is 0 Å². The number of rotatable bonds is 4. The second-order valence-corrected chi connectivity index (χ2v) is 5.56. The van der Waals surface area contributed by atoms with Crippen LogP contribution in [0.5, 0.6) is 5.75 Å². The summed E-state index contributed by atoms with van der Waals surface area (Å²) in [6, 6.07) is 14.3. The van der Waals surface area contributed by atoms with Crippen LogP contribution in [-0.4, -0.2) is 12.2 Å². The first-order valence-corrected chi connectivity index (χ1v) is 7.43. The molecule has 0 saturated heterocycles. The highest BCUT2D eigenvalue weighted by Gasteiger charge is 2.21. The fourth-order valence-corrected chi connectivity index (χ4v) is 3.08. The second-order valence-electron chi connectivity index (χ2n) is 5.56. The maximum atomic E-state index is 9.64. The van der Waals surface area contributed by atoms with Crippen molar-refractivity contribution in [2.75, 3.05) is 12.4 Å². The number of methoxy groups -OCH3 is 1. The van der Waals surface area contributed by atoms with E-state index in [1.54, 1.807) is 13.2 Å². The summed E-state index contributed by atoms with van der Waals surface area (Å²) in [5.41, 5.74) is 4.85. The van der Waals surface area contributed by atoms with E-state index >= 15 is 0 Å². The van der Waals surface area contributed by atoms with Gasteiger partial charge >= 0.3 is 0 Å². The topological polar surface area (TPSA) is 41.5 Å². The van der Waals surface area contributed by atoms with Crippen molar-refractivity contribution in [2.24, 2.45) is 0 Å². The van der Waals surface area contributed by atoms with E-state index in [9.17, 15) is 5.11 Å². The number of fused-ring (bicyclic) bond motifs is 1. The van der Waals surface area contributed by atoms with E-state index in [0.29, 0.717) is 18.4 Å². The second kappa shape index (κ2) is 6.19. The average molecular weight is 283 g/mol. The molecular formula is C18H21NO2. The summed E-state index contributed by atoms with van der Waals surface area (Å²) in [6.45, 7) is 0.609. The molecule has 1 aliphatic carbocycles. The minimum absolute atomic E-state index is 0.298. The van der Waals surface area contributed by atoms with Gasteiger partial charge in [0, 0.05) is 18.4 Å². The molecule has 3 heteroatoms. The zero-order valence-corrected chi connectivity index (χ0v) is 12.3. The minimum Gasteiger partial charge on any atom is -0.508 e. The summed E-state index contributed by atoms with van der Waals surface area (Å²) in [6.07, 6.45) is 3.29. The van der Waals surface area contributed by atoms with Gasteiger partial charge in [-0.3, -0.25) is 0 Å². The molecule has 110 valence electrons. The van der Waals surface area contributed by atoms with Crippen molar-refractivity contribution in [1.82, 2.24) is 0 Å². The molecule has 0 fully saturated rings. The first-order valence-electron chi connectivity index (χ1n) is 7.43. The molecule has 1 aliphatic rings. The molecule has 0 bridgehead atoms. The summed E-state index contributed by atoms with van der Waals surface area (Å²) < 4.78 is 5.27. The van der Waals surface area contributed by atoms with Crippen LogP contribution in [-0.2, 0) is 17.8 Å². The smallest absolute Gasteiger partial charge is 0.115 e. The standard InChI is InChI=1S/C18H21NO2/c1-21-12-14-5-2-3-7-17(14)19-18-8-4-6-13-11-15(20)9-10-16(13)18/h2-3,5,7,9-11,18-20H,4,6,8,12H2,1H3. The summed E-state index contributed by atoms with van der Waals surface area (Å²) in [5.74, 6) is 0.356. The van der Waals surface area contributed by atoms with E-state index in [1.165, 1.54) is 16.7 Å². The molecule has 0 heterocycles. The van der Waals surface area contributed by atoms with Gasteiger partial charge in [0.25, 0.3) is 0 Å². The Labute approximate surface area is 125 Å². The van der Waals surface area contributed by atoms with Gasteiger partial charge in [0.05, 0.1) is 12.6 Å². The van der Waals surface area contributed by atoms with Gasteiger partial charge in [-0.2, -0.15) is 0 Å². The first-order chi connectivity index (χ1) is 10.3. The van der Waals surface area contributed by atoms with Crippen molar-refractivity contribution in [3.8, 4) is 5.75 Å². The highest BCUT2D eigenvalue weighted by Crippen LogP contribution is 2.35. The lowest BCUT2D eigenvalue weighted by atomic mass is 9.87. The predicted molar refractivity (Wildman–Crippen MR) is 84.6 cm³/mol. The Morgan fingerprint density at radius 1 is 1.24 bits per heavy atom. The fourth-order valence-electron chi connectivity index (χ4n) is 3.08. The lowest BCUT2D eigenvalue weighted by molar-refractivity contribution is 0.185. The van der Waals surface area contributed by atoms with Crippen molar-refractivity contribution in [1.29, 1.82) is 0 Å². The summed E-state index contributed by atoms with van der Waals surface area (Å²) in [7, 11) is 1.72. The molecule has 0 aliphatic heterocycles. The molecule has 21 heavy (non-hydrogen) atoms. The lowest BCUT2D eigenvalue weighted by Gasteiger charge is -2.28. The quantitative estimate of drug-likeness (QED) is 0.890. The van der Waals surface area contributed by atoms with Crippen LogP contribution in [0, 0.1) is 0 Å². The minimum atomic E-state index is 0.298. The number of ether oxygens (including phenoxy) is 1. The summed E-state index contributed by atoms with van der Waals surface area (Å²) >= 11 is 0. The lowest BCUT2D eigenvalue weighted by Crippen LogP contribution is -2.18. The van der Waals surface area contributed by atoms with Gasteiger partial charge in [0.1, 0.15) is 5.75 Å². The molecular weight excluding hydrogens is 262 g/mol. The van der Waals surface area contributed by atoms with Crippen LogP contribution in [0.15, 0.2) is 42.5 Å². The monoisotopic (exact) mass is 283 g/mol. The van der Waals surface area contributed by atoms with Gasteiger partial charge < -0.3 is 15.2 Å². The van der Waals surface area contributed by atoms with Gasteiger partial charge in [-0.15, -0.1) is 0 Å². The van der Waals surface area contributed by atoms with Gasteiger partial charge in [-0.05, 0) is 48.6 Å². The zero-order chi connectivity index (χ0) is 14.7. The van der Waals surface area contributed by atoms with Crippen LogP contribution in [0.1, 0.15) is 35.6 Å². The number of aryl methyl sites for hydroxylation is 1. The highest BCUT2D eigenvalue weighted by atomic mass is 16.5. The van der Waals surface area contributed by atoms with Gasteiger partial charge in [-0.25, -0.2) is 0 Å². The Hall–Kier alpha value is -2.00. The van der Waals surface area contributed by atoms with E-state index < -0.39 is 0 Å². The highest BCUT2D eigenvalue weighted by molar-refractivity contribution is 5.53. The molecule has 0 spiro atoms. The first kappa shape index (κ1) is 14.0. The largest absolute Gasteiger partial charge is 0.508 e. The Morgan fingerprint density at radius 3 is 2.95 bits per heavy atom. The van der Waals surface area contributed by atoms with Crippen molar-refractivity contribution in [2.45, 2.75) is 31.9 Å². The number of anilines is 1. The number of nitrogens with one attached hydrogen (secondary N) is 1. The third-order valence-corrected chi connectivity index (χ3v) is 4.09. The molecule has 1 unspecified atom stereocenters. The molecule has 2 aromatic carbocycles. The SMILES string of the molecule is COCc1ccccc1NC1CCCc2cc(O)ccc21. The number of benzene rings is 2. The molecule has 0 aromatic heterocycles. The van der Waals surface area contributed by atoms with Crippen LogP contribution < -0.4 is 5.32 Å². The van der Waals surface area contributed by atoms with Gasteiger partial charge in [-0.1, -0.05) is 24.3 Å². The number of para-hydroxylation sites is 1. The van der Waals surface area contributed by atoms with Crippen molar-refractivity contribution in [3.63, 3.8) is 0 Å². The molecule has 3 nitrogen and oxygen atoms in total. The molecule has 0 radical (unpaired) electrons. The zero-order valence-electron chi connectivity index (χ0n) is 12.3. The molecule has 2 aromatic rings. The summed E-state index contributed by atoms with van der Waals surface area (Å²) in [4.78, 5) is 0. The number of aromatic hydroxyl groups is 1. The Kier molecular flexibility index (Phi) is 4.11. The fraction of sp³-hybridized carbons (Fsp3) is 0.333. The van der Waals surface area contributed by atoms with E-state index in [4.69, 9.17) is 4.74 Å². The third kappa shape index (κ3) is 3.03. The van der Waals surface area contributed by atoms with Gasteiger partial charge in [0.15, 0.2) is 0 Å². The molecule has 3 rings (SSSR count). The van der Waals surface area contributed by atoms with Crippen LogP contribution in [0.2, 0.25) is 0 Å². The van der Waals surface area contributed by atoms with Crippen LogP contribution >= 0.6 is 0 Å². The van der Waals surface area contributed by atoms with Crippen LogP contribution in [0.4, 0.5) is 5.69 Å². The average Bonchev–Trinajstić information content (AvgIpc) is 2.49.